The molecule has 0 spiro atoms. The van der Waals surface area contributed by atoms with E-state index in [4.69, 9.17) is 5.73 Å². The molecule has 1 aliphatic rings. The van der Waals surface area contributed by atoms with Crippen molar-refractivity contribution in [3.8, 4) is 0 Å². The molecule has 1 atom stereocenters. The summed E-state index contributed by atoms with van der Waals surface area (Å²) in [5.74, 6) is 0.844. The zero-order chi connectivity index (χ0) is 13.3. The van der Waals surface area contributed by atoms with Crippen LogP contribution in [-0.4, -0.2) is 5.54 Å². The molecule has 0 radical (unpaired) electrons. The van der Waals surface area contributed by atoms with Gasteiger partial charge in [0.25, 0.3) is 0 Å². The van der Waals surface area contributed by atoms with E-state index in [1.165, 1.54) is 83.5 Å². The van der Waals surface area contributed by atoms with Gasteiger partial charge in [0.1, 0.15) is 0 Å². The Labute approximate surface area is 115 Å². The summed E-state index contributed by atoms with van der Waals surface area (Å²) in [6, 6.07) is 0. The molecular formula is C17H35N. The Morgan fingerprint density at radius 2 is 1.28 bits per heavy atom. The molecule has 2 N–H and O–H groups in total. The average molecular weight is 253 g/mol. The minimum atomic E-state index is 0.153. The summed E-state index contributed by atoms with van der Waals surface area (Å²) in [6.45, 7) is 4.55. The quantitative estimate of drug-likeness (QED) is 0.461. The van der Waals surface area contributed by atoms with Gasteiger partial charge in [0.05, 0.1) is 0 Å². The van der Waals surface area contributed by atoms with Crippen LogP contribution in [0.2, 0.25) is 0 Å². The largest absolute Gasteiger partial charge is 0.325 e. The predicted octanol–water partition coefficient (Wildman–Crippen LogP) is 5.42. The SMILES string of the molecule is CCCCCCCCCCCCC(C)(N)C1CC1. The highest BCUT2D eigenvalue weighted by molar-refractivity contribution is 4.94. The number of rotatable bonds is 12. The lowest BCUT2D eigenvalue weighted by Crippen LogP contribution is -2.38. The van der Waals surface area contributed by atoms with Gasteiger partial charge < -0.3 is 5.73 Å². The van der Waals surface area contributed by atoms with Crippen LogP contribution in [0.3, 0.4) is 0 Å². The molecule has 0 amide bonds. The van der Waals surface area contributed by atoms with Gasteiger partial charge in [0.15, 0.2) is 0 Å². The van der Waals surface area contributed by atoms with Crippen LogP contribution in [0.4, 0.5) is 0 Å². The molecule has 1 fully saturated rings. The van der Waals surface area contributed by atoms with E-state index < -0.39 is 0 Å². The maximum atomic E-state index is 6.33. The lowest BCUT2D eigenvalue weighted by molar-refractivity contribution is 0.360. The van der Waals surface area contributed by atoms with Crippen molar-refractivity contribution in [2.24, 2.45) is 11.7 Å². The Morgan fingerprint density at radius 1 is 0.833 bits per heavy atom. The third-order valence-electron chi connectivity index (χ3n) is 4.58. The van der Waals surface area contributed by atoms with Gasteiger partial charge in [-0.1, -0.05) is 71.1 Å². The van der Waals surface area contributed by atoms with Crippen molar-refractivity contribution in [1.82, 2.24) is 0 Å². The van der Waals surface area contributed by atoms with Gasteiger partial charge in [0.2, 0.25) is 0 Å². The van der Waals surface area contributed by atoms with E-state index in [9.17, 15) is 0 Å². The zero-order valence-electron chi connectivity index (χ0n) is 12.8. The van der Waals surface area contributed by atoms with Crippen LogP contribution in [0, 0.1) is 5.92 Å². The molecule has 0 saturated heterocycles. The van der Waals surface area contributed by atoms with E-state index in [0.29, 0.717) is 0 Å². The van der Waals surface area contributed by atoms with Crippen LogP contribution in [0.1, 0.15) is 97.3 Å². The van der Waals surface area contributed by atoms with Gasteiger partial charge in [-0.25, -0.2) is 0 Å². The summed E-state index contributed by atoms with van der Waals surface area (Å²) in [5.41, 5.74) is 6.48. The van der Waals surface area contributed by atoms with Crippen molar-refractivity contribution in [3.05, 3.63) is 0 Å². The second-order valence-corrected chi connectivity index (χ2v) is 6.71. The first kappa shape index (κ1) is 16.0. The Balaban J connectivity index is 1.78. The fraction of sp³-hybridized carbons (Fsp3) is 1.00. The fourth-order valence-corrected chi connectivity index (χ4v) is 2.94. The molecule has 1 nitrogen and oxygen atoms in total. The fourth-order valence-electron chi connectivity index (χ4n) is 2.94. The van der Waals surface area contributed by atoms with Crippen molar-refractivity contribution < 1.29 is 0 Å². The lowest BCUT2D eigenvalue weighted by atomic mass is 9.90. The topological polar surface area (TPSA) is 26.0 Å². The summed E-state index contributed by atoms with van der Waals surface area (Å²) in [5, 5.41) is 0. The molecule has 0 bridgehead atoms. The molecular weight excluding hydrogens is 218 g/mol. The summed E-state index contributed by atoms with van der Waals surface area (Å²) < 4.78 is 0. The summed E-state index contributed by atoms with van der Waals surface area (Å²) in [7, 11) is 0. The first-order valence-electron chi connectivity index (χ1n) is 8.45. The smallest absolute Gasteiger partial charge is 0.0154 e. The van der Waals surface area contributed by atoms with Gasteiger partial charge in [-0.2, -0.15) is 0 Å². The molecule has 0 aromatic rings. The van der Waals surface area contributed by atoms with E-state index in [-0.39, 0.29) is 5.54 Å². The molecule has 0 heterocycles. The Kier molecular flexibility index (Phi) is 7.97. The maximum Gasteiger partial charge on any atom is 0.0154 e. The van der Waals surface area contributed by atoms with Crippen LogP contribution < -0.4 is 5.73 Å². The van der Waals surface area contributed by atoms with Crippen LogP contribution in [-0.2, 0) is 0 Å². The van der Waals surface area contributed by atoms with Gasteiger partial charge >= 0.3 is 0 Å². The molecule has 0 aromatic carbocycles. The Hall–Kier alpha value is -0.0400. The highest BCUT2D eigenvalue weighted by Crippen LogP contribution is 2.40. The molecule has 108 valence electrons. The van der Waals surface area contributed by atoms with E-state index in [2.05, 4.69) is 13.8 Å². The summed E-state index contributed by atoms with van der Waals surface area (Å²) in [6.07, 6.45) is 18.2. The van der Waals surface area contributed by atoms with Crippen molar-refractivity contribution >= 4 is 0 Å². The number of hydrogen-bond donors (Lipinski definition) is 1. The molecule has 1 saturated carbocycles. The van der Waals surface area contributed by atoms with Crippen LogP contribution in [0.15, 0.2) is 0 Å². The first-order valence-corrected chi connectivity index (χ1v) is 8.45. The number of unbranched alkanes of at least 4 members (excludes halogenated alkanes) is 9. The summed E-state index contributed by atoms with van der Waals surface area (Å²) in [4.78, 5) is 0. The second-order valence-electron chi connectivity index (χ2n) is 6.71. The standard InChI is InChI=1S/C17H35N/c1-3-4-5-6-7-8-9-10-11-12-15-17(2,18)16-13-14-16/h16H,3-15,18H2,1-2H3. The minimum absolute atomic E-state index is 0.153. The molecule has 0 aliphatic heterocycles. The van der Waals surface area contributed by atoms with E-state index in [1.54, 1.807) is 0 Å². The predicted molar refractivity (Wildman–Crippen MR) is 81.8 cm³/mol. The van der Waals surface area contributed by atoms with Crippen molar-refractivity contribution in [2.75, 3.05) is 0 Å². The molecule has 1 aliphatic carbocycles. The Morgan fingerprint density at radius 3 is 1.72 bits per heavy atom. The zero-order valence-corrected chi connectivity index (χ0v) is 12.8. The molecule has 1 rings (SSSR count). The van der Waals surface area contributed by atoms with Crippen molar-refractivity contribution in [3.63, 3.8) is 0 Å². The minimum Gasteiger partial charge on any atom is -0.325 e. The third-order valence-corrected chi connectivity index (χ3v) is 4.58. The van der Waals surface area contributed by atoms with E-state index in [0.717, 1.165) is 5.92 Å². The Bertz CT molecular complexity index is 194. The molecule has 18 heavy (non-hydrogen) atoms. The van der Waals surface area contributed by atoms with Gasteiger partial charge in [-0.05, 0) is 32.1 Å². The van der Waals surface area contributed by atoms with Crippen LogP contribution in [0.5, 0.6) is 0 Å². The van der Waals surface area contributed by atoms with Gasteiger partial charge in [-0.15, -0.1) is 0 Å². The third kappa shape index (κ3) is 7.41. The number of nitrogens with two attached hydrogens (primary N) is 1. The number of hydrogen-bond acceptors (Lipinski definition) is 1. The second kappa shape index (κ2) is 8.96. The highest BCUT2D eigenvalue weighted by Gasteiger charge is 2.37. The van der Waals surface area contributed by atoms with Crippen LogP contribution in [0.25, 0.3) is 0 Å². The first-order chi connectivity index (χ1) is 8.67. The van der Waals surface area contributed by atoms with E-state index >= 15 is 0 Å². The average Bonchev–Trinajstić information content (AvgIpc) is 3.16. The van der Waals surface area contributed by atoms with Crippen molar-refractivity contribution in [1.29, 1.82) is 0 Å². The molecule has 0 aromatic heterocycles. The maximum absolute atomic E-state index is 6.33. The van der Waals surface area contributed by atoms with Gasteiger partial charge in [-0.3, -0.25) is 0 Å². The molecule has 1 heteroatoms. The van der Waals surface area contributed by atoms with Crippen molar-refractivity contribution in [2.45, 2.75) is 103 Å². The lowest BCUT2D eigenvalue weighted by Gasteiger charge is -2.24. The monoisotopic (exact) mass is 253 g/mol. The van der Waals surface area contributed by atoms with Crippen LogP contribution >= 0.6 is 0 Å². The molecule has 1 unspecified atom stereocenters. The van der Waals surface area contributed by atoms with E-state index in [1.807, 2.05) is 0 Å². The highest BCUT2D eigenvalue weighted by atomic mass is 14.8. The normalized spacial score (nSPS) is 18.8. The van der Waals surface area contributed by atoms with Gasteiger partial charge in [0, 0.05) is 5.54 Å². The summed E-state index contributed by atoms with van der Waals surface area (Å²) >= 11 is 0.